The molecule has 6 heteroatoms. The summed E-state index contributed by atoms with van der Waals surface area (Å²) in [6, 6.07) is 2.08. The fraction of sp³-hybridized carbons (Fsp3) is 0.700. The number of fused-ring (bicyclic) bond motifs is 1. The van der Waals surface area contributed by atoms with Crippen molar-refractivity contribution in [3.05, 3.63) is 21.4 Å². The molecule has 5 nitrogen and oxygen atoms in total. The number of hydrogen-bond donors (Lipinski definition) is 0. The third-order valence-corrected chi connectivity index (χ3v) is 7.33. The summed E-state index contributed by atoms with van der Waals surface area (Å²) in [5.41, 5.74) is 1.24. The van der Waals surface area contributed by atoms with E-state index in [0.29, 0.717) is 5.91 Å². The summed E-state index contributed by atoms with van der Waals surface area (Å²) in [6.45, 7) is 5.42. The van der Waals surface area contributed by atoms with Crippen LogP contribution >= 0.6 is 11.3 Å². The standard InChI is InChI=1S/C20H29N3O2S/c1-21-9-11-23(12-10-21)19(24)15-5-6-17-16(13-15)14-18(26-17)20(25)22-7-3-2-4-8-22/h14-15H,2-13H2,1H3/t15-/m1/s1. The van der Waals surface area contributed by atoms with Crippen LogP contribution in [0.1, 0.15) is 45.8 Å². The number of carbonyl (C=O) groups is 2. The van der Waals surface area contributed by atoms with Gasteiger partial charge in [-0.25, -0.2) is 0 Å². The summed E-state index contributed by atoms with van der Waals surface area (Å²) in [5, 5.41) is 0. The third kappa shape index (κ3) is 3.67. The summed E-state index contributed by atoms with van der Waals surface area (Å²) in [6.07, 6.45) is 6.16. The first-order valence-corrected chi connectivity index (χ1v) is 10.8. The monoisotopic (exact) mass is 375 g/mol. The Morgan fingerprint density at radius 2 is 1.73 bits per heavy atom. The largest absolute Gasteiger partial charge is 0.340 e. The SMILES string of the molecule is CN1CCN(C(=O)[C@@H]2CCc3sc(C(=O)N4CCCCC4)cc3C2)CC1. The maximum Gasteiger partial charge on any atom is 0.263 e. The van der Waals surface area contributed by atoms with E-state index in [1.165, 1.54) is 16.9 Å². The zero-order valence-electron chi connectivity index (χ0n) is 15.7. The van der Waals surface area contributed by atoms with E-state index in [9.17, 15) is 9.59 Å². The molecule has 0 radical (unpaired) electrons. The minimum absolute atomic E-state index is 0.0958. The summed E-state index contributed by atoms with van der Waals surface area (Å²) in [7, 11) is 2.11. The molecule has 2 fully saturated rings. The van der Waals surface area contributed by atoms with Gasteiger partial charge in [0.05, 0.1) is 4.88 Å². The van der Waals surface area contributed by atoms with Gasteiger partial charge in [-0.1, -0.05) is 0 Å². The van der Waals surface area contributed by atoms with Crippen molar-refractivity contribution in [2.75, 3.05) is 46.3 Å². The van der Waals surface area contributed by atoms with Crippen molar-refractivity contribution < 1.29 is 9.59 Å². The molecular weight excluding hydrogens is 346 g/mol. The van der Waals surface area contributed by atoms with Gasteiger partial charge >= 0.3 is 0 Å². The molecule has 0 N–H and O–H groups in total. The van der Waals surface area contributed by atoms with E-state index in [0.717, 1.165) is 76.2 Å². The topological polar surface area (TPSA) is 43.9 Å². The number of likely N-dealkylation sites (N-methyl/N-ethyl adjacent to an activating group) is 1. The van der Waals surface area contributed by atoms with Gasteiger partial charge in [-0.3, -0.25) is 9.59 Å². The molecule has 3 aliphatic rings. The second kappa shape index (κ2) is 7.69. The number of hydrogen-bond acceptors (Lipinski definition) is 4. The van der Waals surface area contributed by atoms with Gasteiger partial charge in [-0.05, 0) is 57.2 Å². The van der Waals surface area contributed by atoms with Crippen LogP contribution in [-0.4, -0.2) is 72.8 Å². The highest BCUT2D eigenvalue weighted by atomic mass is 32.1. The van der Waals surface area contributed by atoms with Gasteiger partial charge in [0.1, 0.15) is 0 Å². The van der Waals surface area contributed by atoms with E-state index in [1.54, 1.807) is 11.3 Å². The molecule has 2 aliphatic heterocycles. The summed E-state index contributed by atoms with van der Waals surface area (Å²) in [4.78, 5) is 34.2. The Balaban J connectivity index is 1.41. The van der Waals surface area contributed by atoms with Crippen molar-refractivity contribution in [2.45, 2.75) is 38.5 Å². The maximum atomic E-state index is 12.9. The zero-order valence-corrected chi connectivity index (χ0v) is 16.5. The summed E-state index contributed by atoms with van der Waals surface area (Å²) < 4.78 is 0. The lowest BCUT2D eigenvalue weighted by atomic mass is 9.87. The van der Waals surface area contributed by atoms with Crippen molar-refractivity contribution in [1.29, 1.82) is 0 Å². The number of piperidine rings is 1. The Morgan fingerprint density at radius 3 is 2.46 bits per heavy atom. The molecular formula is C20H29N3O2S. The van der Waals surface area contributed by atoms with Gasteiger partial charge in [-0.15, -0.1) is 11.3 Å². The van der Waals surface area contributed by atoms with Gasteiger partial charge in [0.25, 0.3) is 5.91 Å². The highest BCUT2D eigenvalue weighted by molar-refractivity contribution is 7.14. The lowest BCUT2D eigenvalue weighted by molar-refractivity contribution is -0.137. The Labute approximate surface area is 159 Å². The van der Waals surface area contributed by atoms with Crippen LogP contribution in [0.25, 0.3) is 0 Å². The lowest BCUT2D eigenvalue weighted by Gasteiger charge is -2.35. The van der Waals surface area contributed by atoms with Crippen LogP contribution in [0.3, 0.4) is 0 Å². The molecule has 1 aliphatic carbocycles. The number of amides is 2. The van der Waals surface area contributed by atoms with Crippen molar-refractivity contribution >= 4 is 23.2 Å². The molecule has 26 heavy (non-hydrogen) atoms. The molecule has 1 aromatic heterocycles. The number of nitrogens with zero attached hydrogens (tertiary/aromatic N) is 3. The Hall–Kier alpha value is -1.40. The third-order valence-electron chi connectivity index (χ3n) is 6.10. The van der Waals surface area contributed by atoms with Gasteiger partial charge < -0.3 is 14.7 Å². The minimum atomic E-state index is 0.0958. The van der Waals surface area contributed by atoms with Crippen LogP contribution in [0.15, 0.2) is 6.07 Å². The fourth-order valence-electron chi connectivity index (χ4n) is 4.38. The molecule has 2 saturated heterocycles. The smallest absolute Gasteiger partial charge is 0.263 e. The normalized spacial score (nSPS) is 24.4. The molecule has 0 unspecified atom stereocenters. The van der Waals surface area contributed by atoms with Crippen LogP contribution in [0.5, 0.6) is 0 Å². The maximum absolute atomic E-state index is 12.9. The summed E-state index contributed by atoms with van der Waals surface area (Å²) in [5.74, 6) is 0.614. The lowest BCUT2D eigenvalue weighted by Crippen LogP contribution is -2.49. The summed E-state index contributed by atoms with van der Waals surface area (Å²) >= 11 is 1.66. The highest BCUT2D eigenvalue weighted by Crippen LogP contribution is 2.34. The number of rotatable bonds is 2. The van der Waals surface area contributed by atoms with Crippen molar-refractivity contribution in [3.63, 3.8) is 0 Å². The van der Waals surface area contributed by atoms with Crippen LogP contribution in [-0.2, 0) is 17.6 Å². The van der Waals surface area contributed by atoms with Gasteiger partial charge in [0, 0.05) is 50.1 Å². The fourth-order valence-corrected chi connectivity index (χ4v) is 5.55. The molecule has 1 aromatic rings. The van der Waals surface area contributed by atoms with Crippen LogP contribution in [0.2, 0.25) is 0 Å². The van der Waals surface area contributed by atoms with Crippen molar-refractivity contribution in [3.8, 4) is 0 Å². The first-order chi connectivity index (χ1) is 12.6. The Bertz CT molecular complexity index is 673. The predicted molar refractivity (Wildman–Crippen MR) is 104 cm³/mol. The number of thiophene rings is 1. The molecule has 0 aromatic carbocycles. The van der Waals surface area contributed by atoms with Gasteiger partial charge in [-0.2, -0.15) is 0 Å². The zero-order chi connectivity index (χ0) is 18.1. The van der Waals surface area contributed by atoms with Crippen LogP contribution in [0, 0.1) is 5.92 Å². The van der Waals surface area contributed by atoms with E-state index in [2.05, 4.69) is 18.0 Å². The highest BCUT2D eigenvalue weighted by Gasteiger charge is 2.32. The molecule has 0 bridgehead atoms. The minimum Gasteiger partial charge on any atom is -0.340 e. The van der Waals surface area contributed by atoms with Crippen LogP contribution in [0.4, 0.5) is 0 Å². The first-order valence-electron chi connectivity index (χ1n) is 10.00. The molecule has 3 heterocycles. The molecule has 142 valence electrons. The average molecular weight is 376 g/mol. The van der Waals surface area contributed by atoms with E-state index in [1.807, 2.05) is 9.80 Å². The second-order valence-electron chi connectivity index (χ2n) is 7.98. The van der Waals surface area contributed by atoms with Crippen LogP contribution < -0.4 is 0 Å². The number of piperazine rings is 1. The van der Waals surface area contributed by atoms with E-state index < -0.39 is 0 Å². The molecule has 1 atom stereocenters. The average Bonchev–Trinajstić information content (AvgIpc) is 3.11. The van der Waals surface area contributed by atoms with E-state index in [4.69, 9.17) is 0 Å². The Morgan fingerprint density at radius 1 is 1.00 bits per heavy atom. The first kappa shape index (κ1) is 18.0. The molecule has 4 rings (SSSR count). The predicted octanol–water partition coefficient (Wildman–Crippen LogP) is 2.25. The quantitative estimate of drug-likeness (QED) is 0.796. The van der Waals surface area contributed by atoms with E-state index >= 15 is 0 Å². The molecule has 2 amide bonds. The number of aryl methyl sites for hydroxylation is 1. The van der Waals surface area contributed by atoms with E-state index in [-0.39, 0.29) is 11.8 Å². The van der Waals surface area contributed by atoms with Gasteiger partial charge in [0.2, 0.25) is 5.91 Å². The second-order valence-corrected chi connectivity index (χ2v) is 9.12. The van der Waals surface area contributed by atoms with Gasteiger partial charge in [0.15, 0.2) is 0 Å². The molecule has 0 saturated carbocycles. The number of likely N-dealkylation sites (tertiary alicyclic amines) is 1. The molecule has 0 spiro atoms. The van der Waals surface area contributed by atoms with Crippen molar-refractivity contribution in [2.24, 2.45) is 5.92 Å². The van der Waals surface area contributed by atoms with Crippen molar-refractivity contribution in [1.82, 2.24) is 14.7 Å². The Kier molecular flexibility index (Phi) is 5.32. The number of carbonyl (C=O) groups excluding carboxylic acids is 2.